The molecule has 0 saturated heterocycles. The van der Waals surface area contributed by atoms with Gasteiger partial charge in [-0.3, -0.25) is 0 Å². The highest BCUT2D eigenvalue weighted by atomic mass is 15.0. The average molecular weight is 171 g/mol. The summed E-state index contributed by atoms with van der Waals surface area (Å²) in [6.07, 6.45) is 4.10. The lowest BCUT2D eigenvalue weighted by molar-refractivity contribution is 1.05. The van der Waals surface area contributed by atoms with Crippen LogP contribution in [0.2, 0.25) is 0 Å². The van der Waals surface area contributed by atoms with Crippen LogP contribution in [0.15, 0.2) is 24.5 Å². The SMILES string of the molecule is Cc1ccn2c(CC#N)cnc2c1. The van der Waals surface area contributed by atoms with Crippen molar-refractivity contribution in [2.24, 2.45) is 0 Å². The summed E-state index contributed by atoms with van der Waals surface area (Å²) < 4.78 is 1.94. The van der Waals surface area contributed by atoms with Crippen LogP contribution in [-0.4, -0.2) is 9.38 Å². The summed E-state index contributed by atoms with van der Waals surface area (Å²) in [5, 5.41) is 8.56. The van der Waals surface area contributed by atoms with E-state index < -0.39 is 0 Å². The fourth-order valence-electron chi connectivity index (χ4n) is 1.35. The Morgan fingerprint density at radius 1 is 1.62 bits per heavy atom. The zero-order valence-corrected chi connectivity index (χ0v) is 7.36. The number of aromatic nitrogens is 2. The van der Waals surface area contributed by atoms with Crippen LogP contribution in [0.5, 0.6) is 0 Å². The molecule has 0 N–H and O–H groups in total. The number of aryl methyl sites for hydroxylation is 1. The highest BCUT2D eigenvalue weighted by Gasteiger charge is 2.01. The van der Waals surface area contributed by atoms with Gasteiger partial charge in [0.25, 0.3) is 0 Å². The molecule has 0 aliphatic heterocycles. The number of pyridine rings is 1. The van der Waals surface area contributed by atoms with Gasteiger partial charge in [-0.1, -0.05) is 0 Å². The van der Waals surface area contributed by atoms with Crippen molar-refractivity contribution in [1.82, 2.24) is 9.38 Å². The second-order valence-electron chi connectivity index (χ2n) is 3.02. The largest absolute Gasteiger partial charge is 0.303 e. The molecule has 0 unspecified atom stereocenters. The zero-order valence-electron chi connectivity index (χ0n) is 7.36. The van der Waals surface area contributed by atoms with Gasteiger partial charge in [0.15, 0.2) is 0 Å². The predicted molar refractivity (Wildman–Crippen MR) is 49.2 cm³/mol. The van der Waals surface area contributed by atoms with Gasteiger partial charge < -0.3 is 4.40 Å². The molecule has 2 heterocycles. The van der Waals surface area contributed by atoms with E-state index in [9.17, 15) is 0 Å². The van der Waals surface area contributed by atoms with Crippen LogP contribution in [0, 0.1) is 18.3 Å². The topological polar surface area (TPSA) is 41.1 Å². The number of hydrogen-bond acceptors (Lipinski definition) is 2. The number of imidazole rings is 1. The Labute approximate surface area is 76.3 Å². The summed E-state index contributed by atoms with van der Waals surface area (Å²) in [5.41, 5.74) is 3.03. The summed E-state index contributed by atoms with van der Waals surface area (Å²) in [4.78, 5) is 4.21. The van der Waals surface area contributed by atoms with Crippen LogP contribution < -0.4 is 0 Å². The monoisotopic (exact) mass is 171 g/mol. The number of fused-ring (bicyclic) bond motifs is 1. The van der Waals surface area contributed by atoms with Crippen molar-refractivity contribution in [3.63, 3.8) is 0 Å². The Balaban J connectivity index is 2.63. The van der Waals surface area contributed by atoms with E-state index in [1.54, 1.807) is 6.20 Å². The van der Waals surface area contributed by atoms with Crippen LogP contribution >= 0.6 is 0 Å². The molecule has 0 spiro atoms. The molecular formula is C10H9N3. The van der Waals surface area contributed by atoms with Crippen molar-refractivity contribution in [2.75, 3.05) is 0 Å². The number of rotatable bonds is 1. The number of nitriles is 1. The van der Waals surface area contributed by atoms with Gasteiger partial charge in [0.1, 0.15) is 5.65 Å². The molecule has 3 nitrogen and oxygen atoms in total. The van der Waals surface area contributed by atoms with E-state index >= 15 is 0 Å². The first kappa shape index (κ1) is 7.81. The van der Waals surface area contributed by atoms with Crippen LogP contribution in [0.25, 0.3) is 5.65 Å². The van der Waals surface area contributed by atoms with Crippen molar-refractivity contribution in [3.8, 4) is 6.07 Å². The third-order valence-corrected chi connectivity index (χ3v) is 2.01. The molecule has 0 saturated carbocycles. The molecule has 2 aromatic heterocycles. The standard InChI is InChI=1S/C10H9N3/c1-8-3-5-13-9(2-4-11)7-12-10(13)6-8/h3,5-7H,2H2,1H3. The molecule has 0 aromatic carbocycles. The molecule has 3 heteroatoms. The Bertz CT molecular complexity index is 476. The molecule has 0 amide bonds. The number of nitrogens with zero attached hydrogens (tertiary/aromatic N) is 3. The van der Waals surface area contributed by atoms with Gasteiger partial charge in [0.2, 0.25) is 0 Å². The van der Waals surface area contributed by atoms with Gasteiger partial charge in [-0.15, -0.1) is 0 Å². The summed E-state index contributed by atoms with van der Waals surface area (Å²) in [7, 11) is 0. The van der Waals surface area contributed by atoms with E-state index in [1.807, 2.05) is 29.7 Å². The summed E-state index contributed by atoms with van der Waals surface area (Å²) in [5.74, 6) is 0. The lowest BCUT2D eigenvalue weighted by Gasteiger charge is -1.97. The van der Waals surface area contributed by atoms with Crippen molar-refractivity contribution < 1.29 is 0 Å². The Morgan fingerprint density at radius 3 is 3.23 bits per heavy atom. The summed E-state index contributed by atoms with van der Waals surface area (Å²) >= 11 is 0. The van der Waals surface area contributed by atoms with Gasteiger partial charge in [-0.2, -0.15) is 5.26 Å². The smallest absolute Gasteiger partial charge is 0.137 e. The second-order valence-corrected chi connectivity index (χ2v) is 3.02. The lowest BCUT2D eigenvalue weighted by Crippen LogP contribution is -1.90. The highest BCUT2D eigenvalue weighted by Crippen LogP contribution is 2.08. The normalized spacial score (nSPS) is 10.2. The molecule has 0 radical (unpaired) electrons. The van der Waals surface area contributed by atoms with E-state index in [4.69, 9.17) is 5.26 Å². The quantitative estimate of drug-likeness (QED) is 0.655. The van der Waals surface area contributed by atoms with Gasteiger partial charge in [0.05, 0.1) is 24.4 Å². The zero-order chi connectivity index (χ0) is 9.26. The average Bonchev–Trinajstić information content (AvgIpc) is 2.49. The fraction of sp³-hybridized carbons (Fsp3) is 0.200. The Hall–Kier alpha value is -1.82. The van der Waals surface area contributed by atoms with E-state index in [1.165, 1.54) is 5.56 Å². The van der Waals surface area contributed by atoms with E-state index in [0.29, 0.717) is 6.42 Å². The van der Waals surface area contributed by atoms with Crippen LogP contribution in [0.1, 0.15) is 11.3 Å². The number of hydrogen-bond donors (Lipinski definition) is 0. The predicted octanol–water partition coefficient (Wildman–Crippen LogP) is 1.71. The van der Waals surface area contributed by atoms with Gasteiger partial charge >= 0.3 is 0 Å². The maximum Gasteiger partial charge on any atom is 0.137 e. The van der Waals surface area contributed by atoms with Gasteiger partial charge in [-0.05, 0) is 24.6 Å². The van der Waals surface area contributed by atoms with E-state index in [0.717, 1.165) is 11.3 Å². The highest BCUT2D eigenvalue weighted by molar-refractivity contribution is 5.43. The summed E-state index contributed by atoms with van der Waals surface area (Å²) in [6, 6.07) is 6.13. The first-order valence-corrected chi connectivity index (χ1v) is 4.11. The first-order valence-electron chi connectivity index (χ1n) is 4.11. The van der Waals surface area contributed by atoms with Gasteiger partial charge in [-0.25, -0.2) is 4.98 Å². The Morgan fingerprint density at radius 2 is 2.46 bits per heavy atom. The fourth-order valence-corrected chi connectivity index (χ4v) is 1.35. The van der Waals surface area contributed by atoms with Crippen molar-refractivity contribution in [3.05, 3.63) is 35.8 Å². The molecule has 2 aromatic rings. The molecule has 0 aliphatic carbocycles. The van der Waals surface area contributed by atoms with Crippen molar-refractivity contribution in [2.45, 2.75) is 13.3 Å². The maximum atomic E-state index is 8.56. The van der Waals surface area contributed by atoms with Crippen LogP contribution in [-0.2, 0) is 6.42 Å². The molecule has 2 rings (SSSR count). The molecule has 0 aliphatic rings. The maximum absolute atomic E-state index is 8.56. The molecule has 64 valence electrons. The molecule has 0 bridgehead atoms. The molecule has 0 fully saturated rings. The van der Waals surface area contributed by atoms with E-state index in [-0.39, 0.29) is 0 Å². The van der Waals surface area contributed by atoms with Crippen LogP contribution in [0.4, 0.5) is 0 Å². The molecule has 0 atom stereocenters. The second kappa shape index (κ2) is 2.91. The Kier molecular flexibility index (Phi) is 1.75. The minimum Gasteiger partial charge on any atom is -0.303 e. The summed E-state index contributed by atoms with van der Waals surface area (Å²) in [6.45, 7) is 2.03. The van der Waals surface area contributed by atoms with Crippen molar-refractivity contribution >= 4 is 5.65 Å². The lowest BCUT2D eigenvalue weighted by atomic mass is 10.3. The minimum atomic E-state index is 0.407. The van der Waals surface area contributed by atoms with E-state index in [2.05, 4.69) is 11.1 Å². The van der Waals surface area contributed by atoms with Gasteiger partial charge in [0, 0.05) is 6.20 Å². The third-order valence-electron chi connectivity index (χ3n) is 2.01. The van der Waals surface area contributed by atoms with Crippen molar-refractivity contribution in [1.29, 1.82) is 5.26 Å². The molecule has 13 heavy (non-hydrogen) atoms. The minimum absolute atomic E-state index is 0.407. The third kappa shape index (κ3) is 1.27. The molecular weight excluding hydrogens is 162 g/mol. The van der Waals surface area contributed by atoms with Crippen LogP contribution in [0.3, 0.4) is 0 Å². The first-order chi connectivity index (χ1) is 6.31.